The number of rotatable bonds is 4. The summed E-state index contributed by atoms with van der Waals surface area (Å²) >= 11 is 8.45. The quantitative estimate of drug-likeness (QED) is 0.827. The molecule has 1 N–H and O–H groups in total. The van der Waals surface area contributed by atoms with Crippen molar-refractivity contribution >= 4 is 43.2 Å². The molecular weight excluding hydrogens is 380 g/mol. The summed E-state index contributed by atoms with van der Waals surface area (Å²) < 4.78 is 7.31. The molecule has 18 heavy (non-hydrogen) atoms. The molecule has 2 nitrogen and oxygen atoms in total. The monoisotopic (exact) mass is 390 g/mol. The molecule has 2 aromatic rings. The maximum atomic E-state index is 10.3. The number of thiophene rings is 1. The minimum absolute atomic E-state index is 0.557. The molecule has 0 aliphatic carbocycles. The summed E-state index contributed by atoms with van der Waals surface area (Å²) in [5, 5.41) is 10.3. The summed E-state index contributed by atoms with van der Waals surface area (Å²) in [7, 11) is 1.61. The van der Waals surface area contributed by atoms with Gasteiger partial charge in [-0.3, -0.25) is 0 Å². The molecule has 0 amide bonds. The summed E-state index contributed by atoms with van der Waals surface area (Å²) in [6, 6.07) is 9.67. The Balaban J connectivity index is 2.20. The van der Waals surface area contributed by atoms with E-state index in [1.54, 1.807) is 18.4 Å². The van der Waals surface area contributed by atoms with Crippen molar-refractivity contribution < 1.29 is 9.84 Å². The van der Waals surface area contributed by atoms with Gasteiger partial charge in [-0.25, -0.2) is 0 Å². The van der Waals surface area contributed by atoms with Gasteiger partial charge in [-0.15, -0.1) is 11.3 Å². The van der Waals surface area contributed by atoms with Crippen LogP contribution in [0.5, 0.6) is 5.75 Å². The lowest BCUT2D eigenvalue weighted by molar-refractivity contribution is 0.175. The van der Waals surface area contributed by atoms with Crippen LogP contribution in [0.3, 0.4) is 0 Å². The first-order valence-electron chi connectivity index (χ1n) is 5.36. The first kappa shape index (κ1) is 14.1. The summed E-state index contributed by atoms with van der Waals surface area (Å²) in [6.07, 6.45) is 0.0347. The van der Waals surface area contributed by atoms with Crippen LogP contribution in [-0.4, -0.2) is 12.2 Å². The van der Waals surface area contributed by atoms with E-state index in [9.17, 15) is 5.11 Å². The molecule has 2 rings (SSSR count). The van der Waals surface area contributed by atoms with E-state index in [0.29, 0.717) is 12.2 Å². The first-order chi connectivity index (χ1) is 8.60. The van der Waals surface area contributed by atoms with E-state index in [0.717, 1.165) is 18.7 Å². The van der Waals surface area contributed by atoms with Crippen LogP contribution >= 0.6 is 43.2 Å². The minimum atomic E-state index is -0.557. The predicted octanol–water partition coefficient (Wildman–Crippen LogP) is 4.56. The van der Waals surface area contributed by atoms with Crippen LogP contribution in [0.4, 0.5) is 0 Å². The lowest BCUT2D eigenvalue weighted by atomic mass is 10.0. The highest BCUT2D eigenvalue weighted by atomic mass is 79.9. The third kappa shape index (κ3) is 3.35. The summed E-state index contributed by atoms with van der Waals surface area (Å²) in [5.74, 6) is 0.701. The summed E-state index contributed by atoms with van der Waals surface area (Å²) in [6.45, 7) is 0. The zero-order chi connectivity index (χ0) is 13.1. The van der Waals surface area contributed by atoms with Crippen molar-refractivity contribution in [2.75, 3.05) is 7.11 Å². The fourth-order valence-corrected chi connectivity index (χ4v) is 3.58. The lowest BCUT2D eigenvalue weighted by Gasteiger charge is -2.14. The zero-order valence-electron chi connectivity index (χ0n) is 9.69. The van der Waals surface area contributed by atoms with E-state index in [1.165, 1.54) is 0 Å². The Morgan fingerprint density at radius 3 is 2.67 bits per heavy atom. The average Bonchev–Trinajstić information content (AvgIpc) is 2.74. The van der Waals surface area contributed by atoms with Crippen molar-refractivity contribution in [1.82, 2.24) is 0 Å². The van der Waals surface area contributed by atoms with Crippen molar-refractivity contribution in [2.45, 2.75) is 12.5 Å². The van der Waals surface area contributed by atoms with Crippen LogP contribution in [0.2, 0.25) is 0 Å². The number of aliphatic hydroxyl groups excluding tert-OH is 1. The van der Waals surface area contributed by atoms with Gasteiger partial charge >= 0.3 is 0 Å². The van der Waals surface area contributed by atoms with Crippen molar-refractivity contribution in [3.8, 4) is 5.75 Å². The maximum Gasteiger partial charge on any atom is 0.125 e. The van der Waals surface area contributed by atoms with Gasteiger partial charge in [0.1, 0.15) is 5.75 Å². The van der Waals surface area contributed by atoms with Crippen molar-refractivity contribution in [3.05, 3.63) is 49.0 Å². The van der Waals surface area contributed by atoms with Gasteiger partial charge in [-0.2, -0.15) is 0 Å². The van der Waals surface area contributed by atoms with Gasteiger partial charge in [-0.05, 0) is 40.2 Å². The Hall–Kier alpha value is -0.360. The summed E-state index contributed by atoms with van der Waals surface area (Å²) in [5.41, 5.74) is 0.810. The number of methoxy groups -OCH3 is 1. The van der Waals surface area contributed by atoms with Crippen molar-refractivity contribution in [3.63, 3.8) is 0 Å². The molecule has 5 heteroatoms. The van der Waals surface area contributed by atoms with Crippen molar-refractivity contribution in [1.29, 1.82) is 0 Å². The van der Waals surface area contributed by atoms with E-state index >= 15 is 0 Å². The topological polar surface area (TPSA) is 29.5 Å². The highest BCUT2D eigenvalue weighted by Gasteiger charge is 2.15. The van der Waals surface area contributed by atoms with E-state index in [4.69, 9.17) is 4.74 Å². The molecule has 0 saturated heterocycles. The molecule has 0 aliphatic rings. The molecule has 0 radical (unpaired) electrons. The molecule has 1 aromatic heterocycles. The van der Waals surface area contributed by atoms with Gasteiger partial charge in [0.15, 0.2) is 0 Å². The normalized spacial score (nSPS) is 12.4. The van der Waals surface area contributed by atoms with Crippen LogP contribution in [0.25, 0.3) is 0 Å². The second kappa shape index (κ2) is 6.19. The standard InChI is InChI=1S/C13H12Br2O2S/c1-17-12-6-8(14)2-4-10(12)11(16)7-9-3-5-13(15)18-9/h2-6,11,16H,7H2,1H3. The fraction of sp³-hybridized carbons (Fsp3) is 0.231. The molecule has 0 bridgehead atoms. The molecule has 1 heterocycles. The smallest absolute Gasteiger partial charge is 0.125 e. The number of hydrogen-bond donors (Lipinski definition) is 1. The van der Waals surface area contributed by atoms with Gasteiger partial charge < -0.3 is 9.84 Å². The van der Waals surface area contributed by atoms with Crippen LogP contribution in [0.15, 0.2) is 38.6 Å². The predicted molar refractivity (Wildman–Crippen MR) is 81.4 cm³/mol. The highest BCUT2D eigenvalue weighted by molar-refractivity contribution is 9.11. The number of halogens is 2. The fourth-order valence-electron chi connectivity index (χ4n) is 1.72. The van der Waals surface area contributed by atoms with E-state index in [1.807, 2.05) is 30.3 Å². The molecule has 1 aromatic carbocycles. The lowest BCUT2D eigenvalue weighted by Crippen LogP contribution is -2.03. The Morgan fingerprint density at radius 2 is 2.06 bits per heavy atom. The summed E-state index contributed by atoms with van der Waals surface area (Å²) in [4.78, 5) is 1.14. The molecule has 1 unspecified atom stereocenters. The molecular formula is C13H12Br2O2S. The maximum absolute atomic E-state index is 10.3. The van der Waals surface area contributed by atoms with Gasteiger partial charge in [0.25, 0.3) is 0 Å². The first-order valence-corrected chi connectivity index (χ1v) is 7.76. The third-order valence-electron chi connectivity index (χ3n) is 2.58. The second-order valence-electron chi connectivity index (χ2n) is 3.81. The van der Waals surface area contributed by atoms with E-state index in [2.05, 4.69) is 31.9 Å². The average molecular weight is 392 g/mol. The molecule has 0 spiro atoms. The minimum Gasteiger partial charge on any atom is -0.496 e. The largest absolute Gasteiger partial charge is 0.496 e. The van der Waals surface area contributed by atoms with Gasteiger partial charge in [0, 0.05) is 21.3 Å². The van der Waals surface area contributed by atoms with Gasteiger partial charge in [0.2, 0.25) is 0 Å². The van der Waals surface area contributed by atoms with Gasteiger partial charge in [-0.1, -0.05) is 22.0 Å². The molecule has 96 valence electrons. The Morgan fingerprint density at radius 1 is 1.28 bits per heavy atom. The Labute approximate surface area is 127 Å². The molecule has 1 atom stereocenters. The van der Waals surface area contributed by atoms with Crippen LogP contribution in [0.1, 0.15) is 16.5 Å². The zero-order valence-corrected chi connectivity index (χ0v) is 13.7. The van der Waals surface area contributed by atoms with Gasteiger partial charge in [0.05, 0.1) is 17.0 Å². The SMILES string of the molecule is COc1cc(Br)ccc1C(O)Cc1ccc(Br)s1. The number of aliphatic hydroxyl groups is 1. The number of hydrogen-bond acceptors (Lipinski definition) is 3. The van der Waals surface area contributed by atoms with Crippen molar-refractivity contribution in [2.24, 2.45) is 0 Å². The number of benzene rings is 1. The van der Waals surface area contributed by atoms with Crippen LogP contribution < -0.4 is 4.74 Å². The Kier molecular flexibility index (Phi) is 4.84. The van der Waals surface area contributed by atoms with E-state index < -0.39 is 6.10 Å². The third-order valence-corrected chi connectivity index (χ3v) is 4.72. The molecule has 0 aliphatic heterocycles. The van der Waals surface area contributed by atoms with Crippen LogP contribution in [0, 0.1) is 0 Å². The van der Waals surface area contributed by atoms with E-state index in [-0.39, 0.29) is 0 Å². The van der Waals surface area contributed by atoms with Crippen LogP contribution in [-0.2, 0) is 6.42 Å². The molecule has 0 saturated carbocycles. The Bertz CT molecular complexity index is 540. The molecule has 0 fully saturated rings. The number of ether oxygens (including phenoxy) is 1. The second-order valence-corrected chi connectivity index (χ2v) is 7.28. The highest BCUT2D eigenvalue weighted by Crippen LogP contribution is 2.32.